The number of benzene rings is 1. The molecule has 1 aromatic carbocycles. The molecule has 0 bridgehead atoms. The number of piperidine rings is 1. The van der Waals surface area contributed by atoms with Crippen molar-refractivity contribution in [3.63, 3.8) is 0 Å². The molecule has 9 heteroatoms. The van der Waals surface area contributed by atoms with E-state index in [1.54, 1.807) is 0 Å². The molecule has 2 aliphatic heterocycles. The van der Waals surface area contributed by atoms with Crippen LogP contribution in [0.15, 0.2) is 9.63 Å². The molecule has 0 spiro atoms. The average Bonchev–Trinajstić information content (AvgIpc) is 2.74. The predicted molar refractivity (Wildman–Crippen MR) is 95.9 cm³/mol. The van der Waals surface area contributed by atoms with Crippen LogP contribution >= 0.6 is 39.3 Å². The molecule has 1 aromatic heterocycles. The molecule has 2 aromatic rings. The van der Waals surface area contributed by atoms with E-state index in [4.69, 9.17) is 16.3 Å². The lowest BCUT2D eigenvalue weighted by Crippen LogP contribution is -2.47. The van der Waals surface area contributed by atoms with Crippen molar-refractivity contribution in [1.82, 2.24) is 9.97 Å². The van der Waals surface area contributed by atoms with Gasteiger partial charge in [0, 0.05) is 6.54 Å². The van der Waals surface area contributed by atoms with Gasteiger partial charge in [-0.15, -0.1) is 0 Å². The van der Waals surface area contributed by atoms with Gasteiger partial charge >= 0.3 is 0 Å². The standard InChI is InChI=1S/C15H14BrClFN3O2S/c1-24-15-19-12-8-13(10(17)9(16)11(12)18)23-5-6-4-7(22)2-3-21(6)14(8)20-15/h6-7,22H,2-5H2,1H3. The van der Waals surface area contributed by atoms with Crippen LogP contribution in [0.4, 0.5) is 10.2 Å². The first-order valence-corrected chi connectivity index (χ1v) is 9.90. The number of aliphatic hydroxyl groups is 1. The molecule has 0 aliphatic carbocycles. The number of fused-ring (bicyclic) bond motifs is 2. The first-order chi connectivity index (χ1) is 11.5. The number of aromatic nitrogens is 2. The maximum absolute atomic E-state index is 14.8. The molecule has 1 fully saturated rings. The number of thioether (sulfide) groups is 1. The van der Waals surface area contributed by atoms with Gasteiger partial charge in [0.25, 0.3) is 0 Å². The summed E-state index contributed by atoms with van der Waals surface area (Å²) in [6.07, 6.45) is 2.70. The Morgan fingerprint density at radius 2 is 2.25 bits per heavy atom. The molecule has 3 heterocycles. The Morgan fingerprint density at radius 1 is 1.46 bits per heavy atom. The van der Waals surface area contributed by atoms with E-state index in [0.717, 1.165) is 0 Å². The van der Waals surface area contributed by atoms with Gasteiger partial charge in [0.2, 0.25) is 0 Å². The quantitative estimate of drug-likeness (QED) is 0.420. The molecule has 128 valence electrons. The van der Waals surface area contributed by atoms with E-state index in [2.05, 4.69) is 30.8 Å². The molecule has 1 N–H and O–H groups in total. The minimum Gasteiger partial charge on any atom is -0.489 e. The van der Waals surface area contributed by atoms with Gasteiger partial charge in [-0.25, -0.2) is 14.4 Å². The summed E-state index contributed by atoms with van der Waals surface area (Å²) in [5.41, 5.74) is 0.197. The van der Waals surface area contributed by atoms with E-state index in [9.17, 15) is 9.50 Å². The Bertz CT molecular complexity index is 840. The van der Waals surface area contributed by atoms with Crippen LogP contribution in [0.3, 0.4) is 0 Å². The fraction of sp³-hybridized carbons (Fsp3) is 0.467. The minimum absolute atomic E-state index is 0.0353. The normalized spacial score (nSPS) is 23.0. The third-order valence-corrected chi connectivity index (χ3v) is 6.33. The van der Waals surface area contributed by atoms with Gasteiger partial charge in [-0.05, 0) is 35.0 Å². The molecule has 24 heavy (non-hydrogen) atoms. The van der Waals surface area contributed by atoms with Gasteiger partial charge in [-0.3, -0.25) is 0 Å². The highest BCUT2D eigenvalue weighted by atomic mass is 79.9. The maximum atomic E-state index is 14.8. The Hall–Kier alpha value is -0.830. The predicted octanol–water partition coefficient (Wildman–Crippen LogP) is 3.63. The third kappa shape index (κ3) is 2.46. The van der Waals surface area contributed by atoms with Crippen molar-refractivity contribution in [2.75, 3.05) is 24.3 Å². The van der Waals surface area contributed by atoms with Crippen LogP contribution in [-0.2, 0) is 0 Å². The summed E-state index contributed by atoms with van der Waals surface area (Å²) in [5, 5.41) is 11.2. The lowest BCUT2D eigenvalue weighted by atomic mass is 10.00. The second-order valence-corrected chi connectivity index (χ2v) is 7.81. The van der Waals surface area contributed by atoms with Crippen LogP contribution in [-0.4, -0.2) is 46.6 Å². The number of hydrogen-bond donors (Lipinski definition) is 1. The number of nitrogens with zero attached hydrogens (tertiary/aromatic N) is 3. The molecule has 1 saturated heterocycles. The maximum Gasteiger partial charge on any atom is 0.189 e. The monoisotopic (exact) mass is 433 g/mol. The molecule has 5 nitrogen and oxygen atoms in total. The summed E-state index contributed by atoms with van der Waals surface area (Å²) in [6, 6.07) is -0.0353. The fourth-order valence-corrected chi connectivity index (χ4v) is 4.25. The third-order valence-electron chi connectivity index (χ3n) is 4.45. The molecule has 2 atom stereocenters. The van der Waals surface area contributed by atoms with Crippen LogP contribution < -0.4 is 9.64 Å². The van der Waals surface area contributed by atoms with Gasteiger partial charge < -0.3 is 14.7 Å². The van der Waals surface area contributed by atoms with Gasteiger partial charge in [-0.1, -0.05) is 23.4 Å². The summed E-state index contributed by atoms with van der Waals surface area (Å²) in [5.74, 6) is 0.505. The van der Waals surface area contributed by atoms with Gasteiger partial charge in [0.15, 0.2) is 16.7 Å². The lowest BCUT2D eigenvalue weighted by Gasteiger charge is -2.37. The first-order valence-electron chi connectivity index (χ1n) is 7.51. The zero-order valence-corrected chi connectivity index (χ0v) is 15.9. The second-order valence-electron chi connectivity index (χ2n) is 5.87. The van der Waals surface area contributed by atoms with Crippen molar-refractivity contribution in [3.05, 3.63) is 15.3 Å². The highest BCUT2D eigenvalue weighted by Crippen LogP contribution is 2.47. The topological polar surface area (TPSA) is 58.5 Å². The fourth-order valence-electron chi connectivity index (χ4n) is 3.29. The Balaban J connectivity index is 2.04. The molecule has 2 aliphatic rings. The van der Waals surface area contributed by atoms with Crippen molar-refractivity contribution in [1.29, 1.82) is 0 Å². The van der Waals surface area contributed by atoms with Gasteiger partial charge in [0.05, 0.1) is 22.0 Å². The number of ether oxygens (including phenoxy) is 1. The average molecular weight is 435 g/mol. The van der Waals surface area contributed by atoms with E-state index in [1.165, 1.54) is 11.8 Å². The summed E-state index contributed by atoms with van der Waals surface area (Å²) in [4.78, 5) is 11.0. The van der Waals surface area contributed by atoms with Crippen LogP contribution in [0, 0.1) is 5.82 Å². The second kappa shape index (κ2) is 6.16. The molecule has 0 saturated carbocycles. The van der Waals surface area contributed by atoms with Gasteiger partial charge in [0.1, 0.15) is 23.0 Å². The summed E-state index contributed by atoms with van der Waals surface area (Å²) in [7, 11) is 0. The van der Waals surface area contributed by atoms with E-state index in [0.29, 0.717) is 48.1 Å². The highest BCUT2D eigenvalue weighted by molar-refractivity contribution is 9.10. The minimum atomic E-state index is -0.517. The number of rotatable bonds is 1. The zero-order valence-electron chi connectivity index (χ0n) is 12.7. The van der Waals surface area contributed by atoms with Crippen molar-refractivity contribution in [3.8, 4) is 5.75 Å². The molecule has 0 radical (unpaired) electrons. The SMILES string of the molecule is CSc1nc2c3c(c(Cl)c(Br)c(F)c3n1)OCC1CC(O)CCN21. The van der Waals surface area contributed by atoms with Gasteiger partial charge in [-0.2, -0.15) is 0 Å². The zero-order chi connectivity index (χ0) is 17.0. The van der Waals surface area contributed by atoms with Crippen LogP contribution in [0.2, 0.25) is 5.02 Å². The number of anilines is 1. The summed E-state index contributed by atoms with van der Waals surface area (Å²) >= 11 is 10.9. The first kappa shape index (κ1) is 16.6. The van der Waals surface area contributed by atoms with E-state index in [1.807, 2.05) is 6.26 Å². The number of halogens is 3. The smallest absolute Gasteiger partial charge is 0.189 e. The molecule has 0 amide bonds. The van der Waals surface area contributed by atoms with Crippen LogP contribution in [0.25, 0.3) is 10.9 Å². The van der Waals surface area contributed by atoms with Crippen molar-refractivity contribution in [2.45, 2.75) is 30.1 Å². The Morgan fingerprint density at radius 3 is 3.00 bits per heavy atom. The van der Waals surface area contributed by atoms with Crippen LogP contribution in [0.5, 0.6) is 5.75 Å². The van der Waals surface area contributed by atoms with Crippen molar-refractivity contribution >= 4 is 56.0 Å². The van der Waals surface area contributed by atoms with Crippen molar-refractivity contribution in [2.24, 2.45) is 0 Å². The Kier molecular flexibility index (Phi) is 4.27. The Labute approximate surface area is 155 Å². The molecule has 2 unspecified atom stereocenters. The highest BCUT2D eigenvalue weighted by Gasteiger charge is 2.35. The summed E-state index contributed by atoms with van der Waals surface area (Å²) < 4.78 is 20.8. The van der Waals surface area contributed by atoms with Crippen LogP contribution in [0.1, 0.15) is 12.8 Å². The van der Waals surface area contributed by atoms with E-state index in [-0.39, 0.29) is 27.2 Å². The number of aliphatic hydroxyl groups excluding tert-OH is 1. The van der Waals surface area contributed by atoms with E-state index >= 15 is 0 Å². The van der Waals surface area contributed by atoms with Crippen molar-refractivity contribution < 1.29 is 14.2 Å². The van der Waals surface area contributed by atoms with E-state index < -0.39 is 5.82 Å². The number of hydrogen-bond acceptors (Lipinski definition) is 6. The lowest BCUT2D eigenvalue weighted by molar-refractivity contribution is 0.115. The molecular weight excluding hydrogens is 421 g/mol. The summed E-state index contributed by atoms with van der Waals surface area (Å²) in [6.45, 7) is 0.985. The molecular formula is C15H14BrClFN3O2S. The molecule has 4 rings (SSSR count). The largest absolute Gasteiger partial charge is 0.489 e.